The van der Waals surface area contributed by atoms with Crippen molar-refractivity contribution < 1.29 is 22.7 Å². The highest BCUT2D eigenvalue weighted by atomic mass is 32.2. The Labute approximate surface area is 180 Å². The number of ether oxygens (including phenoxy) is 2. The van der Waals surface area contributed by atoms with Crippen LogP contribution in [0, 0.1) is 0 Å². The largest absolute Gasteiger partial charge is 0.484 e. The number of sulfonamides is 1. The molecule has 1 aromatic heterocycles. The van der Waals surface area contributed by atoms with Gasteiger partial charge in [-0.3, -0.25) is 9.52 Å². The van der Waals surface area contributed by atoms with E-state index in [1.807, 2.05) is 25.1 Å². The lowest BCUT2D eigenvalue weighted by Gasteiger charge is -2.10. The number of nitrogens with zero attached hydrogens (tertiary/aromatic N) is 2. The fourth-order valence-electron chi connectivity index (χ4n) is 2.62. The van der Waals surface area contributed by atoms with E-state index in [9.17, 15) is 13.2 Å². The molecule has 9 nitrogen and oxygen atoms in total. The molecule has 0 aliphatic heterocycles. The maximum Gasteiger partial charge on any atom is 0.263 e. The van der Waals surface area contributed by atoms with Gasteiger partial charge in [-0.15, -0.1) is 0 Å². The summed E-state index contributed by atoms with van der Waals surface area (Å²) < 4.78 is 37.9. The second kappa shape index (κ2) is 9.90. The molecule has 3 rings (SSSR count). The lowest BCUT2D eigenvalue weighted by atomic mass is 10.2. The van der Waals surface area contributed by atoms with E-state index >= 15 is 0 Å². The molecule has 31 heavy (non-hydrogen) atoms. The van der Waals surface area contributed by atoms with Crippen molar-refractivity contribution in [2.45, 2.75) is 18.2 Å². The van der Waals surface area contributed by atoms with Crippen LogP contribution in [0.1, 0.15) is 12.5 Å². The van der Waals surface area contributed by atoms with E-state index in [1.54, 1.807) is 6.07 Å². The van der Waals surface area contributed by atoms with Crippen LogP contribution in [0.4, 0.5) is 11.5 Å². The summed E-state index contributed by atoms with van der Waals surface area (Å²) in [7, 11) is -2.45. The van der Waals surface area contributed by atoms with Crippen molar-refractivity contribution in [2.75, 3.05) is 23.8 Å². The van der Waals surface area contributed by atoms with Gasteiger partial charge in [0.2, 0.25) is 5.88 Å². The molecule has 2 aromatic carbocycles. The smallest absolute Gasteiger partial charge is 0.263 e. The molecule has 1 amide bonds. The van der Waals surface area contributed by atoms with Crippen molar-refractivity contribution >= 4 is 27.4 Å². The number of hydrogen-bond donors (Lipinski definition) is 2. The highest BCUT2D eigenvalue weighted by Gasteiger charge is 2.16. The van der Waals surface area contributed by atoms with Gasteiger partial charge < -0.3 is 14.8 Å². The first-order valence-electron chi connectivity index (χ1n) is 9.40. The molecule has 0 fully saturated rings. The number of amides is 1. The Bertz CT molecular complexity index is 1150. The number of carbonyl (C=O) groups is 1. The zero-order chi connectivity index (χ0) is 22.3. The van der Waals surface area contributed by atoms with Crippen molar-refractivity contribution in [1.29, 1.82) is 0 Å². The quantitative estimate of drug-likeness (QED) is 0.523. The lowest BCUT2D eigenvalue weighted by molar-refractivity contribution is -0.118. The number of anilines is 2. The van der Waals surface area contributed by atoms with Gasteiger partial charge in [0.15, 0.2) is 6.61 Å². The highest BCUT2D eigenvalue weighted by Crippen LogP contribution is 2.19. The average molecular weight is 442 g/mol. The average Bonchev–Trinajstić information content (AvgIpc) is 2.78. The summed E-state index contributed by atoms with van der Waals surface area (Å²) in [6.45, 7) is 1.87. The van der Waals surface area contributed by atoms with Gasteiger partial charge >= 0.3 is 0 Å². The molecule has 0 radical (unpaired) electrons. The Hall–Kier alpha value is -3.66. The van der Waals surface area contributed by atoms with Crippen molar-refractivity contribution in [3.63, 3.8) is 0 Å². The van der Waals surface area contributed by atoms with Crippen LogP contribution in [0.2, 0.25) is 0 Å². The minimum Gasteiger partial charge on any atom is -0.484 e. The van der Waals surface area contributed by atoms with E-state index < -0.39 is 10.0 Å². The topological polar surface area (TPSA) is 120 Å². The molecule has 0 unspecified atom stereocenters. The molecular weight excluding hydrogens is 420 g/mol. The van der Waals surface area contributed by atoms with Crippen LogP contribution in [-0.2, 0) is 21.2 Å². The fourth-order valence-corrected chi connectivity index (χ4v) is 3.62. The van der Waals surface area contributed by atoms with E-state index in [-0.39, 0.29) is 29.1 Å². The zero-order valence-electron chi connectivity index (χ0n) is 17.0. The maximum atomic E-state index is 12.5. The first kappa shape index (κ1) is 22.0. The van der Waals surface area contributed by atoms with Gasteiger partial charge in [-0.2, -0.15) is 0 Å². The molecule has 162 valence electrons. The molecule has 0 saturated carbocycles. The standard InChI is InChI=1S/C21H22N4O5S/c1-3-15-5-4-6-17(11-15)30-13-20(26)24-16-7-9-18(10-8-16)31(27,28)25-19-12-21(29-2)23-14-22-19/h4-12,14H,3,13H2,1-2H3,(H,24,26)(H,22,23,25). The summed E-state index contributed by atoms with van der Waals surface area (Å²) in [6.07, 6.45) is 2.06. The lowest BCUT2D eigenvalue weighted by Crippen LogP contribution is -2.20. The molecule has 0 bridgehead atoms. The van der Waals surface area contributed by atoms with E-state index in [0.29, 0.717) is 11.4 Å². The van der Waals surface area contributed by atoms with E-state index in [1.165, 1.54) is 43.8 Å². The second-order valence-corrected chi connectivity index (χ2v) is 8.10. The molecule has 0 atom stereocenters. The summed E-state index contributed by atoms with van der Waals surface area (Å²) in [5.74, 6) is 0.565. The van der Waals surface area contributed by atoms with Gasteiger partial charge in [-0.1, -0.05) is 19.1 Å². The van der Waals surface area contributed by atoms with Gasteiger partial charge in [0, 0.05) is 11.8 Å². The second-order valence-electron chi connectivity index (χ2n) is 6.41. The minimum absolute atomic E-state index is 0.00992. The molecule has 2 N–H and O–H groups in total. The molecule has 0 spiro atoms. The summed E-state index contributed by atoms with van der Waals surface area (Å²) in [5.41, 5.74) is 1.56. The number of aryl methyl sites for hydroxylation is 1. The predicted molar refractivity (Wildman–Crippen MR) is 116 cm³/mol. The van der Waals surface area contributed by atoms with Crippen LogP contribution in [0.15, 0.2) is 65.8 Å². The van der Waals surface area contributed by atoms with Crippen molar-refractivity contribution in [3.8, 4) is 11.6 Å². The first-order valence-corrected chi connectivity index (χ1v) is 10.9. The first-order chi connectivity index (χ1) is 14.9. The molecule has 3 aromatic rings. The van der Waals surface area contributed by atoms with Gasteiger partial charge in [-0.25, -0.2) is 18.4 Å². The predicted octanol–water partition coefficient (Wildman–Crippen LogP) is 2.87. The van der Waals surface area contributed by atoms with Crippen LogP contribution < -0.4 is 19.5 Å². The van der Waals surface area contributed by atoms with Crippen LogP contribution in [-0.4, -0.2) is 38.0 Å². The zero-order valence-corrected chi connectivity index (χ0v) is 17.8. The summed E-state index contributed by atoms with van der Waals surface area (Å²) in [6, 6.07) is 14.6. The third-order valence-corrected chi connectivity index (χ3v) is 5.59. The minimum atomic E-state index is -3.87. The monoisotopic (exact) mass is 442 g/mol. The molecule has 0 aliphatic carbocycles. The van der Waals surface area contributed by atoms with E-state index in [0.717, 1.165) is 12.0 Å². The third-order valence-electron chi connectivity index (χ3n) is 4.22. The van der Waals surface area contributed by atoms with Gasteiger partial charge in [-0.05, 0) is 48.4 Å². The van der Waals surface area contributed by atoms with Crippen LogP contribution in [0.25, 0.3) is 0 Å². The van der Waals surface area contributed by atoms with Crippen LogP contribution in [0.3, 0.4) is 0 Å². The number of benzene rings is 2. The summed E-state index contributed by atoms with van der Waals surface area (Å²) in [4.78, 5) is 19.8. The Morgan fingerprint density at radius 3 is 2.55 bits per heavy atom. The molecule has 0 aliphatic rings. The molecular formula is C21H22N4O5S. The van der Waals surface area contributed by atoms with Crippen molar-refractivity contribution in [1.82, 2.24) is 9.97 Å². The van der Waals surface area contributed by atoms with Gasteiger partial charge in [0.25, 0.3) is 15.9 Å². The van der Waals surface area contributed by atoms with Crippen LogP contribution >= 0.6 is 0 Å². The normalized spacial score (nSPS) is 10.9. The van der Waals surface area contributed by atoms with Gasteiger partial charge in [0.05, 0.1) is 12.0 Å². The number of nitrogens with one attached hydrogen (secondary N) is 2. The molecule has 1 heterocycles. The highest BCUT2D eigenvalue weighted by molar-refractivity contribution is 7.92. The van der Waals surface area contributed by atoms with E-state index in [2.05, 4.69) is 20.0 Å². The van der Waals surface area contributed by atoms with E-state index in [4.69, 9.17) is 9.47 Å². The van der Waals surface area contributed by atoms with Crippen molar-refractivity contribution in [2.24, 2.45) is 0 Å². The number of carbonyl (C=O) groups excluding carboxylic acids is 1. The SMILES string of the molecule is CCc1cccc(OCC(=O)Nc2ccc(S(=O)(=O)Nc3cc(OC)ncn3)cc2)c1. The fraction of sp³-hybridized carbons (Fsp3) is 0.190. The summed E-state index contributed by atoms with van der Waals surface area (Å²) in [5, 5.41) is 2.67. The number of rotatable bonds is 9. The summed E-state index contributed by atoms with van der Waals surface area (Å²) >= 11 is 0. The Balaban J connectivity index is 1.59. The number of aromatic nitrogens is 2. The Morgan fingerprint density at radius 2 is 1.84 bits per heavy atom. The van der Waals surface area contributed by atoms with Crippen LogP contribution in [0.5, 0.6) is 11.6 Å². The third kappa shape index (κ3) is 6.16. The maximum absolute atomic E-state index is 12.5. The number of methoxy groups -OCH3 is 1. The molecule has 0 saturated heterocycles. The number of hydrogen-bond acceptors (Lipinski definition) is 7. The Morgan fingerprint density at radius 1 is 1.06 bits per heavy atom. The molecule has 10 heteroatoms. The Kier molecular flexibility index (Phi) is 7.03. The van der Waals surface area contributed by atoms with Crippen molar-refractivity contribution in [3.05, 3.63) is 66.5 Å². The van der Waals surface area contributed by atoms with Gasteiger partial charge in [0.1, 0.15) is 17.9 Å².